The van der Waals surface area contributed by atoms with Crippen LogP contribution in [-0.2, 0) is 16.4 Å². The van der Waals surface area contributed by atoms with Crippen LogP contribution in [0.2, 0.25) is 0 Å². The number of sulfonamides is 1. The number of piperidine rings is 1. The first kappa shape index (κ1) is 24.7. The predicted molar refractivity (Wildman–Crippen MR) is 133 cm³/mol. The van der Waals surface area contributed by atoms with Gasteiger partial charge in [0.1, 0.15) is 11.6 Å². The maximum atomic E-state index is 13.5. The summed E-state index contributed by atoms with van der Waals surface area (Å²) in [7, 11) is -1.42. The van der Waals surface area contributed by atoms with Crippen LogP contribution in [0.5, 0.6) is 5.75 Å². The molecule has 1 aromatic heterocycles. The molecule has 1 aliphatic rings. The molecule has 0 bridgehead atoms. The molecule has 3 aromatic rings. The van der Waals surface area contributed by atoms with Crippen molar-refractivity contribution in [2.75, 3.05) is 33.3 Å². The zero-order valence-electron chi connectivity index (χ0n) is 19.7. The third kappa shape index (κ3) is 6.58. The molecule has 1 saturated heterocycles. The lowest BCUT2D eigenvalue weighted by atomic mass is 9.93. The Balaban J connectivity index is 1.19. The number of halogens is 1. The molecule has 2 N–H and O–H groups in total. The van der Waals surface area contributed by atoms with Gasteiger partial charge in [-0.15, -0.1) is 0 Å². The number of ether oxygens (including phenoxy) is 1. The van der Waals surface area contributed by atoms with Gasteiger partial charge in [-0.25, -0.2) is 17.5 Å². The minimum atomic E-state index is -3.59. The lowest BCUT2D eigenvalue weighted by molar-refractivity contribution is 0.200. The number of H-pyrrole nitrogens is 1. The zero-order chi connectivity index (χ0) is 24.0. The van der Waals surface area contributed by atoms with E-state index in [0.717, 1.165) is 28.8 Å². The van der Waals surface area contributed by atoms with Crippen molar-refractivity contribution < 1.29 is 17.5 Å². The summed E-state index contributed by atoms with van der Waals surface area (Å²) in [5, 5.41) is 0.838. The van der Waals surface area contributed by atoms with Crippen LogP contribution >= 0.6 is 0 Å². The Kier molecular flexibility index (Phi) is 8.24. The van der Waals surface area contributed by atoms with E-state index in [2.05, 4.69) is 21.7 Å². The highest BCUT2D eigenvalue weighted by Crippen LogP contribution is 2.22. The highest BCUT2D eigenvalue weighted by molar-refractivity contribution is 7.89. The Morgan fingerprint density at radius 2 is 1.88 bits per heavy atom. The summed E-state index contributed by atoms with van der Waals surface area (Å²) in [6, 6.07) is 11.2. The Morgan fingerprint density at radius 3 is 2.65 bits per heavy atom. The highest BCUT2D eigenvalue weighted by Gasteiger charge is 2.16. The van der Waals surface area contributed by atoms with Crippen LogP contribution in [-0.4, -0.2) is 51.6 Å². The van der Waals surface area contributed by atoms with Crippen LogP contribution in [0.15, 0.2) is 53.6 Å². The average Bonchev–Trinajstić information content (AvgIpc) is 3.23. The van der Waals surface area contributed by atoms with Crippen LogP contribution in [0.4, 0.5) is 4.39 Å². The smallest absolute Gasteiger partial charge is 0.240 e. The van der Waals surface area contributed by atoms with E-state index in [9.17, 15) is 12.8 Å². The Labute approximate surface area is 201 Å². The molecular formula is C26H34FN3O3S. The molecule has 0 aliphatic carbocycles. The van der Waals surface area contributed by atoms with Crippen LogP contribution < -0.4 is 9.46 Å². The Bertz CT molecular complexity index is 1170. The van der Waals surface area contributed by atoms with Crippen LogP contribution in [0.1, 0.15) is 37.7 Å². The van der Waals surface area contributed by atoms with Gasteiger partial charge in [-0.3, -0.25) is 0 Å². The van der Waals surface area contributed by atoms with Gasteiger partial charge in [-0.2, -0.15) is 0 Å². The SMILES string of the molecule is CN1CCC(CCCOc2ccc(S(=O)(=O)NCCCc3c[nH]c4ccc(F)cc34)cc2)CC1. The molecule has 1 aliphatic heterocycles. The number of benzene rings is 2. The first-order valence-corrected chi connectivity index (χ1v) is 13.6. The molecule has 4 rings (SSSR count). The predicted octanol–water partition coefficient (Wildman–Crippen LogP) is 4.72. The number of hydrogen-bond acceptors (Lipinski definition) is 4. The van der Waals surface area contributed by atoms with Crippen LogP contribution in [0.3, 0.4) is 0 Å². The molecule has 184 valence electrons. The molecule has 2 aromatic carbocycles. The van der Waals surface area contributed by atoms with Crippen molar-refractivity contribution in [3.63, 3.8) is 0 Å². The van der Waals surface area contributed by atoms with Gasteiger partial charge >= 0.3 is 0 Å². The van der Waals surface area contributed by atoms with Gasteiger partial charge in [0.2, 0.25) is 10.0 Å². The second kappa shape index (κ2) is 11.3. The number of rotatable bonds is 11. The topological polar surface area (TPSA) is 74.4 Å². The van der Waals surface area contributed by atoms with E-state index in [1.54, 1.807) is 30.3 Å². The first-order valence-electron chi connectivity index (χ1n) is 12.1. The largest absolute Gasteiger partial charge is 0.494 e. The summed E-state index contributed by atoms with van der Waals surface area (Å²) < 4.78 is 47.2. The van der Waals surface area contributed by atoms with Crippen molar-refractivity contribution in [2.45, 2.75) is 43.4 Å². The van der Waals surface area contributed by atoms with Gasteiger partial charge in [0, 0.05) is 23.6 Å². The third-order valence-electron chi connectivity index (χ3n) is 6.64. The van der Waals surface area contributed by atoms with Gasteiger partial charge < -0.3 is 14.6 Å². The fraction of sp³-hybridized carbons (Fsp3) is 0.462. The number of nitrogens with one attached hydrogen (secondary N) is 2. The van der Waals surface area contributed by atoms with Gasteiger partial charge in [0.15, 0.2) is 0 Å². The monoisotopic (exact) mass is 487 g/mol. The van der Waals surface area contributed by atoms with Crippen molar-refractivity contribution >= 4 is 20.9 Å². The molecule has 0 saturated carbocycles. The average molecular weight is 488 g/mol. The summed E-state index contributed by atoms with van der Waals surface area (Å²) in [6.07, 6.45) is 7.83. The third-order valence-corrected chi connectivity index (χ3v) is 8.12. The van der Waals surface area contributed by atoms with E-state index in [4.69, 9.17) is 4.74 Å². The number of nitrogens with zero attached hydrogens (tertiary/aromatic N) is 1. The number of likely N-dealkylation sites (tertiary alicyclic amines) is 1. The highest BCUT2D eigenvalue weighted by atomic mass is 32.2. The summed E-state index contributed by atoms with van der Waals surface area (Å²) in [5.41, 5.74) is 1.85. The van der Waals surface area contributed by atoms with Crippen molar-refractivity contribution in [3.8, 4) is 5.75 Å². The quantitative estimate of drug-likeness (QED) is 0.384. The molecule has 2 heterocycles. The molecule has 0 amide bonds. The van der Waals surface area contributed by atoms with Crippen molar-refractivity contribution in [3.05, 3.63) is 60.0 Å². The number of aryl methyl sites for hydroxylation is 1. The first-order chi connectivity index (χ1) is 16.4. The van der Waals surface area contributed by atoms with Crippen molar-refractivity contribution in [1.82, 2.24) is 14.6 Å². The van der Waals surface area contributed by atoms with Crippen LogP contribution in [0, 0.1) is 11.7 Å². The van der Waals surface area contributed by atoms with Gasteiger partial charge in [-0.1, -0.05) is 0 Å². The number of fused-ring (bicyclic) bond motifs is 1. The number of aromatic amines is 1. The molecule has 0 radical (unpaired) electrons. The molecule has 8 heteroatoms. The second-order valence-electron chi connectivity index (χ2n) is 9.21. The number of hydrogen-bond donors (Lipinski definition) is 2. The van der Waals surface area contributed by atoms with E-state index in [-0.39, 0.29) is 10.7 Å². The fourth-order valence-electron chi connectivity index (χ4n) is 4.55. The fourth-order valence-corrected chi connectivity index (χ4v) is 5.63. The molecule has 1 fully saturated rings. The van der Waals surface area contributed by atoms with E-state index in [1.165, 1.54) is 44.5 Å². The Hall–Kier alpha value is -2.42. The minimum absolute atomic E-state index is 0.223. The zero-order valence-corrected chi connectivity index (χ0v) is 20.5. The Morgan fingerprint density at radius 1 is 1.12 bits per heavy atom. The lowest BCUT2D eigenvalue weighted by Crippen LogP contribution is -2.30. The standard InChI is InChI=1S/C26H34FN3O3S/c1-30-15-12-20(13-16-30)4-3-17-33-23-7-9-24(10-8-23)34(31,32)29-14-2-5-21-19-28-26-11-6-22(27)18-25(21)26/h6-11,18-20,28-29H,2-5,12-17H2,1H3. The summed E-state index contributed by atoms with van der Waals surface area (Å²) >= 11 is 0. The molecule has 0 atom stereocenters. The van der Waals surface area contributed by atoms with Gasteiger partial charge in [0.25, 0.3) is 0 Å². The van der Waals surface area contributed by atoms with Crippen molar-refractivity contribution in [2.24, 2.45) is 5.92 Å². The van der Waals surface area contributed by atoms with Gasteiger partial charge in [-0.05, 0) is 113 Å². The maximum absolute atomic E-state index is 13.5. The van der Waals surface area contributed by atoms with E-state index in [0.29, 0.717) is 31.7 Å². The second-order valence-corrected chi connectivity index (χ2v) is 11.0. The number of aromatic nitrogens is 1. The molecular weight excluding hydrogens is 453 g/mol. The van der Waals surface area contributed by atoms with E-state index < -0.39 is 10.0 Å². The summed E-state index contributed by atoms with van der Waals surface area (Å²) in [6.45, 7) is 3.31. The van der Waals surface area contributed by atoms with Gasteiger partial charge in [0.05, 0.1) is 11.5 Å². The molecule has 0 unspecified atom stereocenters. The van der Waals surface area contributed by atoms with E-state index >= 15 is 0 Å². The van der Waals surface area contributed by atoms with E-state index in [1.807, 2.05) is 6.20 Å². The normalized spacial score (nSPS) is 15.7. The minimum Gasteiger partial charge on any atom is -0.494 e. The summed E-state index contributed by atoms with van der Waals surface area (Å²) in [5.74, 6) is 1.20. The van der Waals surface area contributed by atoms with Crippen molar-refractivity contribution in [1.29, 1.82) is 0 Å². The lowest BCUT2D eigenvalue weighted by Gasteiger charge is -2.28. The van der Waals surface area contributed by atoms with Crippen LogP contribution in [0.25, 0.3) is 10.9 Å². The molecule has 0 spiro atoms. The molecule has 6 nitrogen and oxygen atoms in total. The molecule has 34 heavy (non-hydrogen) atoms. The summed E-state index contributed by atoms with van der Waals surface area (Å²) in [4.78, 5) is 5.72. The maximum Gasteiger partial charge on any atom is 0.240 e.